The lowest BCUT2D eigenvalue weighted by Crippen LogP contribution is -2.49. The van der Waals surface area contributed by atoms with Crippen LogP contribution >= 0.6 is 34.8 Å². The number of hydrogen-bond donors (Lipinski definition) is 1. The molecular weight excluding hydrogens is 533 g/mol. The molecule has 1 atom stereocenters. The van der Waals surface area contributed by atoms with E-state index in [-0.39, 0.29) is 48.5 Å². The number of anilines is 1. The average molecular weight is 563 g/mol. The van der Waals surface area contributed by atoms with E-state index in [1.54, 1.807) is 30.3 Å². The van der Waals surface area contributed by atoms with Gasteiger partial charge in [-0.3, -0.25) is 13.9 Å². The number of nitrogens with one attached hydrogen (secondary N) is 1. The van der Waals surface area contributed by atoms with Crippen LogP contribution in [0.1, 0.15) is 38.7 Å². The van der Waals surface area contributed by atoms with Gasteiger partial charge in [0.2, 0.25) is 21.8 Å². The fourth-order valence-electron chi connectivity index (χ4n) is 3.66. The van der Waals surface area contributed by atoms with Crippen LogP contribution in [-0.2, 0) is 26.2 Å². The maximum atomic E-state index is 13.3. The third kappa shape index (κ3) is 8.56. The molecule has 2 aromatic rings. The summed E-state index contributed by atoms with van der Waals surface area (Å²) >= 11 is 18.2. The number of nitrogens with zero attached hydrogens (tertiary/aromatic N) is 2. The molecule has 0 aliphatic heterocycles. The van der Waals surface area contributed by atoms with Crippen molar-refractivity contribution in [2.75, 3.05) is 23.7 Å². The van der Waals surface area contributed by atoms with Crippen molar-refractivity contribution in [2.24, 2.45) is 0 Å². The fourth-order valence-corrected chi connectivity index (χ4v) is 5.19. The van der Waals surface area contributed by atoms with Crippen molar-refractivity contribution in [1.82, 2.24) is 10.2 Å². The first-order valence-electron chi connectivity index (χ1n) is 11.2. The molecule has 0 aromatic heterocycles. The molecule has 192 valence electrons. The van der Waals surface area contributed by atoms with E-state index in [4.69, 9.17) is 34.8 Å². The number of halogens is 3. The van der Waals surface area contributed by atoms with E-state index in [0.717, 1.165) is 16.1 Å². The monoisotopic (exact) mass is 561 g/mol. The van der Waals surface area contributed by atoms with Crippen LogP contribution in [0.5, 0.6) is 0 Å². The van der Waals surface area contributed by atoms with Gasteiger partial charge in [-0.2, -0.15) is 0 Å². The van der Waals surface area contributed by atoms with Gasteiger partial charge in [-0.15, -0.1) is 0 Å². The summed E-state index contributed by atoms with van der Waals surface area (Å²) in [6.07, 6.45) is 1.76. The van der Waals surface area contributed by atoms with Crippen molar-refractivity contribution in [2.45, 2.75) is 45.7 Å². The molecule has 0 saturated carbocycles. The molecule has 2 amide bonds. The summed E-state index contributed by atoms with van der Waals surface area (Å²) in [6, 6.07) is 11.0. The van der Waals surface area contributed by atoms with Gasteiger partial charge in [0.15, 0.2) is 0 Å². The standard InChI is InChI=1S/C24H30Cl3N3O4S/c1-4-21(24(32)28-5-2)29(16-17-8-10-18(25)11-9-17)23(31)7-6-14-30(35(3,33)34)22-15-19(26)12-13-20(22)27/h8-13,15,21H,4-7,14,16H2,1-3H3,(H,28,32)/t21-/m1/s1. The predicted molar refractivity (Wildman–Crippen MR) is 143 cm³/mol. The Balaban J connectivity index is 2.23. The smallest absolute Gasteiger partial charge is 0.242 e. The topological polar surface area (TPSA) is 86.8 Å². The second-order valence-electron chi connectivity index (χ2n) is 8.00. The summed E-state index contributed by atoms with van der Waals surface area (Å²) < 4.78 is 26.0. The van der Waals surface area contributed by atoms with E-state index >= 15 is 0 Å². The minimum absolute atomic E-state index is 0.0252. The molecule has 0 heterocycles. The normalized spacial score (nSPS) is 12.2. The zero-order valence-electron chi connectivity index (χ0n) is 19.9. The number of benzene rings is 2. The van der Waals surface area contributed by atoms with E-state index < -0.39 is 16.1 Å². The summed E-state index contributed by atoms with van der Waals surface area (Å²) in [6.45, 7) is 4.35. The van der Waals surface area contributed by atoms with Gasteiger partial charge >= 0.3 is 0 Å². The summed E-state index contributed by atoms with van der Waals surface area (Å²) in [5.74, 6) is -0.496. The van der Waals surface area contributed by atoms with Crippen molar-refractivity contribution < 1.29 is 18.0 Å². The summed E-state index contributed by atoms with van der Waals surface area (Å²) in [5.41, 5.74) is 1.08. The number of carbonyl (C=O) groups is 2. The van der Waals surface area contributed by atoms with Gasteiger partial charge in [-0.1, -0.05) is 53.9 Å². The van der Waals surface area contributed by atoms with Crippen LogP contribution in [0.15, 0.2) is 42.5 Å². The third-order valence-electron chi connectivity index (χ3n) is 5.33. The van der Waals surface area contributed by atoms with Gasteiger partial charge in [0.1, 0.15) is 6.04 Å². The van der Waals surface area contributed by atoms with Crippen LogP contribution in [0.4, 0.5) is 5.69 Å². The number of carbonyl (C=O) groups excluding carboxylic acids is 2. The molecule has 0 bridgehead atoms. The molecular formula is C24H30Cl3N3O4S. The lowest BCUT2D eigenvalue weighted by molar-refractivity contribution is -0.141. The van der Waals surface area contributed by atoms with Crippen LogP contribution in [0.3, 0.4) is 0 Å². The van der Waals surface area contributed by atoms with Gasteiger partial charge in [0.25, 0.3) is 0 Å². The molecule has 0 spiro atoms. The minimum atomic E-state index is -3.68. The van der Waals surface area contributed by atoms with Gasteiger partial charge in [-0.25, -0.2) is 8.42 Å². The largest absolute Gasteiger partial charge is 0.355 e. The number of likely N-dealkylation sites (N-methyl/N-ethyl adjacent to an activating group) is 1. The first-order valence-corrected chi connectivity index (χ1v) is 14.2. The highest BCUT2D eigenvalue weighted by Crippen LogP contribution is 2.31. The van der Waals surface area contributed by atoms with Crippen LogP contribution in [0, 0.1) is 0 Å². The Hall–Kier alpha value is -2.00. The Morgan fingerprint density at radius 2 is 1.63 bits per heavy atom. The second kappa shape index (κ2) is 13.3. The van der Waals surface area contributed by atoms with Gasteiger partial charge < -0.3 is 10.2 Å². The summed E-state index contributed by atoms with van der Waals surface area (Å²) in [7, 11) is -3.68. The number of hydrogen-bond acceptors (Lipinski definition) is 4. The zero-order valence-corrected chi connectivity index (χ0v) is 23.0. The highest BCUT2D eigenvalue weighted by Gasteiger charge is 2.28. The second-order valence-corrected chi connectivity index (χ2v) is 11.2. The van der Waals surface area contributed by atoms with Crippen LogP contribution < -0.4 is 9.62 Å². The zero-order chi connectivity index (χ0) is 26.2. The Labute approximate surface area is 222 Å². The molecule has 0 aliphatic carbocycles. The fraction of sp³-hybridized carbons (Fsp3) is 0.417. The van der Waals surface area contributed by atoms with Crippen molar-refractivity contribution in [3.05, 3.63) is 63.1 Å². The van der Waals surface area contributed by atoms with E-state index in [1.807, 2.05) is 13.8 Å². The number of rotatable bonds is 12. The highest BCUT2D eigenvalue weighted by atomic mass is 35.5. The third-order valence-corrected chi connectivity index (χ3v) is 7.32. The number of sulfonamides is 1. The van der Waals surface area contributed by atoms with Crippen LogP contribution in [-0.4, -0.2) is 50.5 Å². The Morgan fingerprint density at radius 3 is 2.20 bits per heavy atom. The lowest BCUT2D eigenvalue weighted by Gasteiger charge is -2.31. The Bertz CT molecular complexity index is 1130. The predicted octanol–water partition coefficient (Wildman–Crippen LogP) is 5.14. The van der Waals surface area contributed by atoms with Crippen LogP contribution in [0.2, 0.25) is 15.1 Å². The molecule has 0 aliphatic rings. The molecule has 1 N–H and O–H groups in total. The quantitative estimate of drug-likeness (QED) is 0.388. The molecule has 2 aromatic carbocycles. The first kappa shape index (κ1) is 29.2. The molecule has 0 unspecified atom stereocenters. The van der Waals surface area contributed by atoms with Crippen molar-refractivity contribution >= 4 is 62.3 Å². The molecule has 11 heteroatoms. The summed E-state index contributed by atoms with van der Waals surface area (Å²) in [4.78, 5) is 27.5. The molecule has 0 saturated heterocycles. The average Bonchev–Trinajstić information content (AvgIpc) is 2.79. The molecule has 0 radical (unpaired) electrons. The molecule has 2 rings (SSSR count). The minimum Gasteiger partial charge on any atom is -0.355 e. The summed E-state index contributed by atoms with van der Waals surface area (Å²) in [5, 5.41) is 3.94. The maximum absolute atomic E-state index is 13.3. The molecule has 7 nitrogen and oxygen atoms in total. The number of amides is 2. The molecule has 35 heavy (non-hydrogen) atoms. The van der Waals surface area contributed by atoms with E-state index in [2.05, 4.69) is 5.32 Å². The van der Waals surface area contributed by atoms with Gasteiger partial charge in [0.05, 0.1) is 17.0 Å². The van der Waals surface area contributed by atoms with E-state index in [1.165, 1.54) is 17.0 Å². The van der Waals surface area contributed by atoms with E-state index in [9.17, 15) is 18.0 Å². The van der Waals surface area contributed by atoms with Gasteiger partial charge in [0, 0.05) is 36.1 Å². The van der Waals surface area contributed by atoms with Gasteiger partial charge in [-0.05, 0) is 55.7 Å². The lowest BCUT2D eigenvalue weighted by atomic mass is 10.1. The maximum Gasteiger partial charge on any atom is 0.242 e. The molecule has 0 fully saturated rings. The SMILES string of the molecule is CCNC(=O)[C@@H](CC)N(Cc1ccc(Cl)cc1)C(=O)CCCN(c1cc(Cl)ccc1Cl)S(C)(=O)=O. The Morgan fingerprint density at radius 1 is 1.00 bits per heavy atom. The highest BCUT2D eigenvalue weighted by molar-refractivity contribution is 7.92. The van der Waals surface area contributed by atoms with Crippen molar-refractivity contribution in [3.8, 4) is 0 Å². The Kier molecular flexibility index (Phi) is 11.1. The van der Waals surface area contributed by atoms with Crippen LogP contribution in [0.25, 0.3) is 0 Å². The van der Waals surface area contributed by atoms with Crippen molar-refractivity contribution in [1.29, 1.82) is 0 Å². The van der Waals surface area contributed by atoms with E-state index in [0.29, 0.717) is 23.0 Å². The first-order chi connectivity index (χ1) is 16.5. The van der Waals surface area contributed by atoms with Crippen molar-refractivity contribution in [3.63, 3.8) is 0 Å².